The monoisotopic (exact) mass is 436 g/mol. The van der Waals surface area contributed by atoms with Crippen LogP contribution < -0.4 is 0 Å². The lowest BCUT2D eigenvalue weighted by atomic mass is 10.2. The van der Waals surface area contributed by atoms with E-state index < -0.39 is 0 Å². The predicted octanol–water partition coefficient (Wildman–Crippen LogP) is 5.73. The molecule has 1 fully saturated rings. The average Bonchev–Trinajstić information content (AvgIpc) is 3.35. The molecule has 7 heteroatoms. The first-order chi connectivity index (χ1) is 15.1. The van der Waals surface area contributed by atoms with Crippen LogP contribution in [0.5, 0.6) is 0 Å². The highest BCUT2D eigenvalue weighted by Crippen LogP contribution is 2.35. The second-order valence-electron chi connectivity index (χ2n) is 6.71. The van der Waals surface area contributed by atoms with Gasteiger partial charge in [-0.15, -0.1) is 0 Å². The molecule has 0 saturated carbocycles. The molecule has 0 N–H and O–H groups in total. The van der Waals surface area contributed by atoms with Gasteiger partial charge in [0, 0.05) is 18.2 Å². The number of para-hydroxylation sites is 1. The van der Waals surface area contributed by atoms with Crippen LogP contribution in [0.3, 0.4) is 0 Å². The van der Waals surface area contributed by atoms with E-state index in [0.29, 0.717) is 46.9 Å². The minimum Gasteiger partial charge on any atom is -0.457 e. The van der Waals surface area contributed by atoms with Crippen molar-refractivity contribution >= 4 is 34.6 Å². The van der Waals surface area contributed by atoms with Crippen LogP contribution in [-0.4, -0.2) is 35.7 Å². The van der Waals surface area contributed by atoms with Crippen LogP contribution in [0.2, 0.25) is 0 Å². The Bertz CT molecular complexity index is 1120. The standard InChI is InChI=1S/C24H21FN2O3S/c1-2-29-14-13-27-23(28)22(31-24(27)26-19-9-4-3-5-10-19)16-20-11-12-21(30-20)17-7-6-8-18(25)15-17/h3-12,15-16H,2,13-14H2,1H3. The third-order valence-corrected chi connectivity index (χ3v) is 5.55. The molecule has 3 aromatic rings. The summed E-state index contributed by atoms with van der Waals surface area (Å²) < 4.78 is 24.8. The van der Waals surface area contributed by atoms with E-state index in [9.17, 15) is 9.18 Å². The van der Waals surface area contributed by atoms with Gasteiger partial charge in [0.05, 0.1) is 23.7 Å². The molecule has 2 heterocycles. The number of amidine groups is 1. The van der Waals surface area contributed by atoms with Gasteiger partial charge in [0.25, 0.3) is 5.91 Å². The quantitative estimate of drug-likeness (QED) is 0.351. The highest BCUT2D eigenvalue weighted by molar-refractivity contribution is 8.18. The maximum atomic E-state index is 13.5. The Morgan fingerprint density at radius 2 is 1.97 bits per heavy atom. The zero-order valence-electron chi connectivity index (χ0n) is 17.0. The van der Waals surface area contributed by atoms with Gasteiger partial charge in [-0.05, 0) is 55.1 Å². The summed E-state index contributed by atoms with van der Waals surface area (Å²) in [6.45, 7) is 3.33. The molecule has 0 aliphatic carbocycles. The molecule has 158 valence electrons. The number of benzene rings is 2. The second-order valence-corrected chi connectivity index (χ2v) is 7.72. The SMILES string of the molecule is CCOCCN1C(=O)C(=Cc2ccc(-c3cccc(F)c3)o2)SC1=Nc1ccccc1. The number of thioether (sulfide) groups is 1. The van der Waals surface area contributed by atoms with Crippen LogP contribution >= 0.6 is 11.8 Å². The summed E-state index contributed by atoms with van der Waals surface area (Å²) in [5.41, 5.74) is 1.41. The first-order valence-corrected chi connectivity index (χ1v) is 10.7. The van der Waals surface area contributed by atoms with Gasteiger partial charge in [0.1, 0.15) is 17.3 Å². The lowest BCUT2D eigenvalue weighted by Gasteiger charge is -2.15. The van der Waals surface area contributed by atoms with Crippen molar-refractivity contribution in [2.75, 3.05) is 19.8 Å². The molecule has 0 spiro atoms. The number of amides is 1. The Kier molecular flexibility index (Phi) is 6.64. The molecule has 2 aromatic carbocycles. The van der Waals surface area contributed by atoms with E-state index in [1.54, 1.807) is 35.2 Å². The van der Waals surface area contributed by atoms with Crippen molar-refractivity contribution in [2.45, 2.75) is 6.92 Å². The Hall–Kier alpha value is -3.16. The van der Waals surface area contributed by atoms with Gasteiger partial charge in [0.15, 0.2) is 5.17 Å². The van der Waals surface area contributed by atoms with Crippen LogP contribution in [0.15, 0.2) is 81.0 Å². The number of rotatable bonds is 7. The van der Waals surface area contributed by atoms with Crippen molar-refractivity contribution in [2.24, 2.45) is 4.99 Å². The fraction of sp³-hybridized carbons (Fsp3) is 0.167. The number of nitrogens with zero attached hydrogens (tertiary/aromatic N) is 2. The van der Waals surface area contributed by atoms with E-state index >= 15 is 0 Å². The molecular weight excluding hydrogens is 415 g/mol. The van der Waals surface area contributed by atoms with Crippen LogP contribution in [0.1, 0.15) is 12.7 Å². The Labute approximate surface area is 184 Å². The van der Waals surface area contributed by atoms with E-state index in [0.717, 1.165) is 5.69 Å². The number of carbonyl (C=O) groups is 1. The zero-order chi connectivity index (χ0) is 21.6. The highest BCUT2D eigenvalue weighted by Gasteiger charge is 2.33. The topological polar surface area (TPSA) is 55.0 Å². The number of hydrogen-bond acceptors (Lipinski definition) is 5. The molecule has 1 amide bonds. The van der Waals surface area contributed by atoms with Crippen molar-refractivity contribution in [1.29, 1.82) is 0 Å². The summed E-state index contributed by atoms with van der Waals surface area (Å²) in [4.78, 5) is 19.8. The Morgan fingerprint density at radius 3 is 2.74 bits per heavy atom. The van der Waals surface area contributed by atoms with Crippen LogP contribution in [0, 0.1) is 5.82 Å². The van der Waals surface area contributed by atoms with Gasteiger partial charge in [-0.2, -0.15) is 0 Å². The van der Waals surface area contributed by atoms with Gasteiger partial charge >= 0.3 is 0 Å². The van der Waals surface area contributed by atoms with Crippen molar-refractivity contribution < 1.29 is 18.3 Å². The smallest absolute Gasteiger partial charge is 0.266 e. The fourth-order valence-electron chi connectivity index (χ4n) is 3.06. The molecule has 1 aromatic heterocycles. The molecule has 5 nitrogen and oxygen atoms in total. The van der Waals surface area contributed by atoms with Crippen molar-refractivity contribution in [3.8, 4) is 11.3 Å². The number of carbonyl (C=O) groups excluding carboxylic acids is 1. The normalized spacial score (nSPS) is 16.6. The van der Waals surface area contributed by atoms with E-state index in [1.807, 2.05) is 37.3 Å². The third-order valence-electron chi connectivity index (χ3n) is 4.54. The van der Waals surface area contributed by atoms with Crippen LogP contribution in [0.4, 0.5) is 10.1 Å². The molecule has 1 saturated heterocycles. The van der Waals surface area contributed by atoms with E-state index in [4.69, 9.17) is 9.15 Å². The minimum atomic E-state index is -0.331. The predicted molar refractivity (Wildman–Crippen MR) is 121 cm³/mol. The summed E-state index contributed by atoms with van der Waals surface area (Å²) in [5.74, 6) is 0.569. The number of halogens is 1. The van der Waals surface area contributed by atoms with E-state index in [-0.39, 0.29) is 11.7 Å². The highest BCUT2D eigenvalue weighted by atomic mass is 32.2. The van der Waals surface area contributed by atoms with Gasteiger partial charge < -0.3 is 9.15 Å². The average molecular weight is 437 g/mol. The molecule has 4 rings (SSSR count). The molecule has 1 aliphatic heterocycles. The van der Waals surface area contributed by atoms with Crippen LogP contribution in [-0.2, 0) is 9.53 Å². The van der Waals surface area contributed by atoms with Gasteiger partial charge in [-0.25, -0.2) is 9.38 Å². The first-order valence-electron chi connectivity index (χ1n) is 9.92. The third kappa shape index (κ3) is 5.13. The molecular formula is C24H21FN2O3S. The largest absolute Gasteiger partial charge is 0.457 e. The second kappa shape index (κ2) is 9.76. The van der Waals surface area contributed by atoms with E-state index in [1.165, 1.54) is 23.9 Å². The molecule has 0 bridgehead atoms. The maximum absolute atomic E-state index is 13.5. The zero-order valence-corrected chi connectivity index (χ0v) is 17.8. The van der Waals surface area contributed by atoms with Crippen molar-refractivity contribution in [3.63, 3.8) is 0 Å². The summed E-state index contributed by atoms with van der Waals surface area (Å²) in [5, 5.41) is 0.596. The Morgan fingerprint density at radius 1 is 1.13 bits per heavy atom. The first kappa shape index (κ1) is 21.1. The Balaban J connectivity index is 1.60. The lowest BCUT2D eigenvalue weighted by Crippen LogP contribution is -2.32. The van der Waals surface area contributed by atoms with Crippen molar-refractivity contribution in [3.05, 3.63) is 83.2 Å². The van der Waals surface area contributed by atoms with Crippen molar-refractivity contribution in [1.82, 2.24) is 4.90 Å². The fourth-order valence-corrected chi connectivity index (χ4v) is 4.06. The molecule has 0 radical (unpaired) electrons. The molecule has 0 unspecified atom stereocenters. The number of furan rings is 1. The lowest BCUT2D eigenvalue weighted by molar-refractivity contribution is -0.122. The number of aliphatic imine (C=N–C) groups is 1. The summed E-state index contributed by atoms with van der Waals surface area (Å²) in [6.07, 6.45) is 1.69. The number of ether oxygens (including phenoxy) is 1. The minimum absolute atomic E-state index is 0.150. The summed E-state index contributed by atoms with van der Waals surface area (Å²) in [7, 11) is 0. The maximum Gasteiger partial charge on any atom is 0.266 e. The van der Waals surface area contributed by atoms with Gasteiger partial charge in [-0.1, -0.05) is 30.3 Å². The molecule has 1 aliphatic rings. The number of hydrogen-bond donors (Lipinski definition) is 0. The van der Waals surface area contributed by atoms with Crippen LogP contribution in [0.25, 0.3) is 17.4 Å². The molecule has 0 atom stereocenters. The van der Waals surface area contributed by atoms with E-state index in [2.05, 4.69) is 4.99 Å². The van der Waals surface area contributed by atoms with Gasteiger partial charge in [-0.3, -0.25) is 9.69 Å². The summed E-state index contributed by atoms with van der Waals surface area (Å²) in [6, 6.07) is 19.2. The molecule has 31 heavy (non-hydrogen) atoms. The summed E-state index contributed by atoms with van der Waals surface area (Å²) >= 11 is 1.29. The van der Waals surface area contributed by atoms with Gasteiger partial charge in [0.2, 0.25) is 0 Å².